The third kappa shape index (κ3) is 13.7. The van der Waals surface area contributed by atoms with Gasteiger partial charge in [0.05, 0.1) is 7.11 Å². The number of rotatable bonds is 14. The van der Waals surface area contributed by atoms with Gasteiger partial charge in [0.25, 0.3) is 0 Å². The number of thioether (sulfide) groups is 2. The third-order valence-corrected chi connectivity index (χ3v) is 8.13. The number of hydrogen-bond donors (Lipinski definition) is 2. The quantitative estimate of drug-likeness (QED) is 0.111. The predicted molar refractivity (Wildman–Crippen MR) is 171 cm³/mol. The summed E-state index contributed by atoms with van der Waals surface area (Å²) in [6, 6.07) is 16.9. The van der Waals surface area contributed by atoms with Crippen LogP contribution in [-0.2, 0) is 19.1 Å². The molecule has 0 atom stereocenters. The Balaban J connectivity index is 0.000000687. The first-order chi connectivity index (χ1) is 19.4. The molecular weight excluding hydrogens is 542 g/mol. The molecule has 0 radical (unpaired) electrons. The molecule has 0 bridgehead atoms. The number of anilines is 2. The van der Waals surface area contributed by atoms with Gasteiger partial charge in [-0.05, 0) is 44.1 Å². The van der Waals surface area contributed by atoms with Crippen molar-refractivity contribution in [3.8, 4) is 0 Å². The molecule has 1 aliphatic rings. The maximum atomic E-state index is 11.3. The van der Waals surface area contributed by atoms with Crippen LogP contribution >= 0.6 is 23.5 Å². The number of esters is 1. The molecule has 0 aliphatic carbocycles. The Bertz CT molecular complexity index is 1020. The Hall–Kier alpha value is -2.55. The molecule has 0 spiro atoms. The predicted octanol–water partition coefficient (Wildman–Crippen LogP) is 8.01. The highest BCUT2D eigenvalue weighted by Crippen LogP contribution is 2.47. The summed E-state index contributed by atoms with van der Waals surface area (Å²) >= 11 is 3.72. The number of fused-ring (bicyclic) bond motifs is 2. The van der Waals surface area contributed by atoms with E-state index in [0.29, 0.717) is 19.3 Å². The van der Waals surface area contributed by atoms with Crippen molar-refractivity contribution in [2.75, 3.05) is 30.5 Å². The molecule has 0 saturated heterocycles. The topological polar surface area (TPSA) is 92.7 Å². The molecule has 8 heteroatoms. The van der Waals surface area contributed by atoms with E-state index in [0.717, 1.165) is 54.8 Å². The average molecular weight is 588 g/mol. The van der Waals surface area contributed by atoms with Gasteiger partial charge in [0.1, 0.15) is 12.1 Å². The van der Waals surface area contributed by atoms with Crippen LogP contribution in [0.4, 0.5) is 11.4 Å². The summed E-state index contributed by atoms with van der Waals surface area (Å²) < 4.78 is 6.02. The Morgan fingerprint density at radius 1 is 0.875 bits per heavy atom. The molecule has 0 saturated carbocycles. The van der Waals surface area contributed by atoms with Gasteiger partial charge in [-0.2, -0.15) is 0 Å². The number of ether oxygens (including phenoxy) is 1. The van der Waals surface area contributed by atoms with Crippen molar-refractivity contribution in [3.05, 3.63) is 63.9 Å². The lowest BCUT2D eigenvalue weighted by Crippen LogP contribution is -2.07. The SMILES string of the molecule is CC(=O)CCC=O.CCC.COC(=O)CCCCCSC(SCCCO)=C1c2ccccc2Nc2ccccc21. The average Bonchev–Trinajstić information content (AvgIpc) is 2.96. The number of unbranched alkanes of at least 4 members (excludes halogenated alkanes) is 2. The highest BCUT2D eigenvalue weighted by Gasteiger charge is 2.23. The van der Waals surface area contributed by atoms with Crippen LogP contribution in [0.15, 0.2) is 52.8 Å². The van der Waals surface area contributed by atoms with E-state index in [1.807, 2.05) is 23.5 Å². The second-order valence-electron chi connectivity index (χ2n) is 9.15. The van der Waals surface area contributed by atoms with Crippen LogP contribution in [0, 0.1) is 0 Å². The Kier molecular flexibility index (Phi) is 19.7. The number of para-hydroxylation sites is 2. The number of benzene rings is 2. The Labute approximate surface area is 248 Å². The fourth-order valence-corrected chi connectivity index (χ4v) is 6.18. The van der Waals surface area contributed by atoms with E-state index in [1.165, 1.54) is 41.4 Å². The van der Waals surface area contributed by atoms with Gasteiger partial charge >= 0.3 is 5.97 Å². The number of aliphatic hydroxyl groups is 1. The normalized spacial score (nSPS) is 10.9. The summed E-state index contributed by atoms with van der Waals surface area (Å²) in [5.74, 6) is 1.84. The van der Waals surface area contributed by atoms with Crippen molar-refractivity contribution in [1.82, 2.24) is 0 Å². The van der Waals surface area contributed by atoms with Gasteiger partial charge in [0, 0.05) is 63.9 Å². The van der Waals surface area contributed by atoms with Crippen molar-refractivity contribution in [3.63, 3.8) is 0 Å². The summed E-state index contributed by atoms with van der Waals surface area (Å²) in [7, 11) is 1.44. The summed E-state index contributed by atoms with van der Waals surface area (Å²) in [6.45, 7) is 5.94. The van der Waals surface area contributed by atoms with Gasteiger partial charge < -0.3 is 24.7 Å². The molecule has 40 heavy (non-hydrogen) atoms. The number of Topliss-reactive ketones (excluding diaryl/α,β-unsaturated/α-hetero) is 1. The van der Waals surface area contributed by atoms with Crippen LogP contribution in [-0.4, -0.2) is 48.4 Å². The number of carbonyl (C=O) groups is 3. The molecule has 220 valence electrons. The van der Waals surface area contributed by atoms with Crippen molar-refractivity contribution in [1.29, 1.82) is 0 Å². The van der Waals surface area contributed by atoms with E-state index >= 15 is 0 Å². The fraction of sp³-hybridized carbons (Fsp3) is 0.469. The van der Waals surface area contributed by atoms with Crippen LogP contribution in [0.2, 0.25) is 0 Å². The van der Waals surface area contributed by atoms with Gasteiger partial charge in [0.2, 0.25) is 0 Å². The molecule has 6 nitrogen and oxygen atoms in total. The second-order valence-corrected chi connectivity index (χ2v) is 11.6. The molecule has 0 aromatic heterocycles. The molecule has 0 unspecified atom stereocenters. The van der Waals surface area contributed by atoms with E-state index in [2.05, 4.69) is 67.7 Å². The van der Waals surface area contributed by atoms with Crippen molar-refractivity contribution in [2.45, 2.75) is 72.1 Å². The van der Waals surface area contributed by atoms with Crippen molar-refractivity contribution in [2.24, 2.45) is 0 Å². The van der Waals surface area contributed by atoms with E-state index < -0.39 is 0 Å². The van der Waals surface area contributed by atoms with Gasteiger partial charge in [0.15, 0.2) is 0 Å². The summed E-state index contributed by atoms with van der Waals surface area (Å²) in [6.07, 6.45) is 6.98. The largest absolute Gasteiger partial charge is 0.469 e. The molecule has 3 rings (SSSR count). The van der Waals surface area contributed by atoms with Crippen LogP contribution in [0.3, 0.4) is 0 Å². The first-order valence-electron chi connectivity index (χ1n) is 14.0. The minimum atomic E-state index is -0.132. The summed E-state index contributed by atoms with van der Waals surface area (Å²) in [4.78, 5) is 30.9. The monoisotopic (exact) mass is 587 g/mol. The zero-order valence-electron chi connectivity index (χ0n) is 24.4. The minimum absolute atomic E-state index is 0.0760. The third-order valence-electron chi connectivity index (χ3n) is 5.50. The van der Waals surface area contributed by atoms with Crippen molar-refractivity contribution >= 4 is 58.5 Å². The van der Waals surface area contributed by atoms with Crippen LogP contribution < -0.4 is 5.32 Å². The number of nitrogens with one attached hydrogen (secondary N) is 1. The lowest BCUT2D eigenvalue weighted by atomic mass is 9.93. The van der Waals surface area contributed by atoms with Crippen LogP contribution in [0.5, 0.6) is 0 Å². The van der Waals surface area contributed by atoms with Crippen LogP contribution in [0.1, 0.15) is 83.3 Å². The molecule has 2 aromatic rings. The van der Waals surface area contributed by atoms with Gasteiger partial charge in [-0.15, -0.1) is 23.5 Å². The van der Waals surface area contributed by atoms with Crippen LogP contribution in [0.25, 0.3) is 5.57 Å². The van der Waals surface area contributed by atoms with E-state index in [9.17, 15) is 19.5 Å². The zero-order chi connectivity index (χ0) is 29.6. The van der Waals surface area contributed by atoms with Crippen molar-refractivity contribution < 1.29 is 24.2 Å². The molecule has 0 amide bonds. The molecule has 0 fully saturated rings. The van der Waals surface area contributed by atoms with E-state index in [-0.39, 0.29) is 18.4 Å². The fourth-order valence-electron chi connectivity index (χ4n) is 3.62. The second kappa shape index (κ2) is 22.2. The molecule has 2 aromatic carbocycles. The van der Waals surface area contributed by atoms with Gasteiger partial charge in [-0.3, -0.25) is 4.79 Å². The van der Waals surface area contributed by atoms with Gasteiger partial charge in [-0.25, -0.2) is 0 Å². The Morgan fingerprint density at radius 3 is 1.90 bits per heavy atom. The summed E-state index contributed by atoms with van der Waals surface area (Å²) in [5, 5.41) is 12.8. The molecular formula is C32H45NO5S2. The molecule has 1 heterocycles. The first kappa shape index (κ1) is 35.5. The first-order valence-corrected chi connectivity index (χ1v) is 16.0. The summed E-state index contributed by atoms with van der Waals surface area (Å²) in [5.41, 5.74) is 5.99. The lowest BCUT2D eigenvalue weighted by Gasteiger charge is -2.26. The number of ketones is 1. The minimum Gasteiger partial charge on any atom is -0.469 e. The highest BCUT2D eigenvalue weighted by molar-refractivity contribution is 8.22. The zero-order valence-corrected chi connectivity index (χ0v) is 26.0. The lowest BCUT2D eigenvalue weighted by molar-refractivity contribution is -0.140. The van der Waals surface area contributed by atoms with E-state index in [1.54, 1.807) is 0 Å². The van der Waals surface area contributed by atoms with Gasteiger partial charge in [-0.1, -0.05) is 63.1 Å². The number of carbonyl (C=O) groups excluding carboxylic acids is 3. The number of aliphatic hydroxyl groups excluding tert-OH is 1. The number of aldehydes is 1. The maximum Gasteiger partial charge on any atom is 0.305 e. The molecule has 1 aliphatic heterocycles. The highest BCUT2D eigenvalue weighted by atomic mass is 32.2. The van der Waals surface area contributed by atoms with E-state index in [4.69, 9.17) is 4.74 Å². The number of methoxy groups -OCH3 is 1. The smallest absolute Gasteiger partial charge is 0.305 e. The maximum absolute atomic E-state index is 11.3. The Morgan fingerprint density at radius 2 is 1.43 bits per heavy atom. The molecule has 2 N–H and O–H groups in total. The number of hydrogen-bond acceptors (Lipinski definition) is 8. The standard InChI is InChI=1S/C24H29NO3S2.C5H8O2.C3H8/c1-28-22(27)14-3-2-8-16-29-24(30-17-9-15-26)23-18-10-4-6-12-20(18)25-21-13-7-5-11-19(21)23;1-5(7)3-2-4-6;1-3-2/h4-7,10-13,25-26H,2-3,8-9,14-17H2,1H3;4H,2-3H2,1H3;3H2,1-2H3.